The number of rotatable bonds is 14. The lowest BCUT2D eigenvalue weighted by atomic mass is 9.80. The highest BCUT2D eigenvalue weighted by Crippen LogP contribution is 2.32. The van der Waals surface area contributed by atoms with Gasteiger partial charge in [-0.15, -0.1) is 0 Å². The van der Waals surface area contributed by atoms with E-state index in [1.807, 2.05) is 6.20 Å². The zero-order valence-electron chi connectivity index (χ0n) is 23.1. The van der Waals surface area contributed by atoms with Crippen LogP contribution in [0.25, 0.3) is 10.9 Å². The van der Waals surface area contributed by atoms with E-state index in [1.54, 1.807) is 0 Å². The van der Waals surface area contributed by atoms with E-state index >= 15 is 0 Å². The van der Waals surface area contributed by atoms with Crippen LogP contribution in [0.15, 0.2) is 30.5 Å². The van der Waals surface area contributed by atoms with E-state index in [1.165, 1.54) is 101 Å². The summed E-state index contributed by atoms with van der Waals surface area (Å²) in [5, 5.41) is 4.73. The van der Waals surface area contributed by atoms with Gasteiger partial charge in [-0.3, -0.25) is 4.98 Å². The minimum absolute atomic E-state index is 0.675. The van der Waals surface area contributed by atoms with Crippen LogP contribution in [0.5, 0.6) is 5.75 Å². The summed E-state index contributed by atoms with van der Waals surface area (Å²) in [6.45, 7) is 11.7. The van der Waals surface area contributed by atoms with Crippen LogP contribution in [0.3, 0.4) is 0 Å². The van der Waals surface area contributed by atoms with E-state index in [2.05, 4.69) is 53.3 Å². The number of hydrogen-bond donors (Lipinski definition) is 1. The second-order valence-electron chi connectivity index (χ2n) is 11.5. The molecular weight excluding hydrogens is 442 g/mol. The molecule has 200 valence electrons. The molecule has 2 saturated heterocycles. The van der Waals surface area contributed by atoms with Crippen molar-refractivity contribution in [2.24, 2.45) is 17.8 Å². The molecule has 2 atom stereocenters. The molecule has 0 aliphatic carbocycles. The third-order valence-electron chi connectivity index (χ3n) is 8.85. The molecule has 2 aliphatic heterocycles. The molecule has 0 unspecified atom stereocenters. The third-order valence-corrected chi connectivity index (χ3v) is 8.85. The van der Waals surface area contributed by atoms with Gasteiger partial charge in [0.25, 0.3) is 0 Å². The highest BCUT2D eigenvalue weighted by atomic mass is 16.5. The fourth-order valence-electron chi connectivity index (χ4n) is 6.45. The maximum absolute atomic E-state index is 6.23. The zero-order valence-corrected chi connectivity index (χ0v) is 23.1. The maximum atomic E-state index is 6.23. The molecule has 1 aromatic carbocycles. The summed E-state index contributed by atoms with van der Waals surface area (Å²) < 4.78 is 6.23. The molecule has 2 aliphatic rings. The summed E-state index contributed by atoms with van der Waals surface area (Å²) in [7, 11) is 0. The Balaban J connectivity index is 1.26. The number of hydrogen-bond acceptors (Lipinski definition) is 4. The molecule has 0 amide bonds. The topological polar surface area (TPSA) is 37.4 Å². The Morgan fingerprint density at radius 3 is 2.67 bits per heavy atom. The van der Waals surface area contributed by atoms with Crippen molar-refractivity contribution in [2.45, 2.75) is 90.9 Å². The van der Waals surface area contributed by atoms with Gasteiger partial charge in [0.05, 0.1) is 12.1 Å². The number of pyridine rings is 1. The van der Waals surface area contributed by atoms with E-state index in [4.69, 9.17) is 4.74 Å². The summed E-state index contributed by atoms with van der Waals surface area (Å²) in [5.41, 5.74) is 2.53. The van der Waals surface area contributed by atoms with Gasteiger partial charge in [0, 0.05) is 18.1 Å². The third kappa shape index (κ3) is 8.18. The summed E-state index contributed by atoms with van der Waals surface area (Å²) in [6, 6.07) is 8.72. The average molecular weight is 494 g/mol. The van der Waals surface area contributed by atoms with Crippen LogP contribution >= 0.6 is 0 Å². The van der Waals surface area contributed by atoms with Gasteiger partial charge in [0.2, 0.25) is 0 Å². The number of aromatic nitrogens is 1. The Morgan fingerprint density at radius 2 is 1.83 bits per heavy atom. The van der Waals surface area contributed by atoms with Crippen molar-refractivity contribution >= 4 is 10.9 Å². The molecule has 4 rings (SSSR count). The van der Waals surface area contributed by atoms with Crippen LogP contribution in [0.4, 0.5) is 0 Å². The first kappa shape index (κ1) is 27.4. The molecule has 2 aromatic rings. The van der Waals surface area contributed by atoms with Crippen LogP contribution in [-0.2, 0) is 6.42 Å². The van der Waals surface area contributed by atoms with Crippen molar-refractivity contribution in [1.29, 1.82) is 0 Å². The van der Waals surface area contributed by atoms with Crippen molar-refractivity contribution in [3.8, 4) is 5.75 Å². The maximum Gasteiger partial charge on any atom is 0.120 e. The summed E-state index contributed by atoms with van der Waals surface area (Å²) in [6.07, 6.45) is 17.9. The van der Waals surface area contributed by atoms with E-state index in [0.29, 0.717) is 5.92 Å². The number of benzene rings is 1. The summed E-state index contributed by atoms with van der Waals surface area (Å²) in [4.78, 5) is 7.40. The zero-order chi connectivity index (χ0) is 25.0. The number of fused-ring (bicyclic) bond motifs is 1. The van der Waals surface area contributed by atoms with Gasteiger partial charge in [0.15, 0.2) is 0 Å². The Hall–Kier alpha value is -1.65. The van der Waals surface area contributed by atoms with Crippen molar-refractivity contribution in [3.05, 3.63) is 36.0 Å². The first-order valence-electron chi connectivity index (χ1n) is 15.2. The Kier molecular flexibility index (Phi) is 11.4. The number of nitrogens with zero attached hydrogens (tertiary/aromatic N) is 2. The average Bonchev–Trinajstić information content (AvgIpc) is 2.93. The number of ether oxygens (including phenoxy) is 1. The summed E-state index contributed by atoms with van der Waals surface area (Å²) >= 11 is 0. The number of unbranched alkanes of at least 4 members (excludes halogenated alkanes) is 4. The predicted octanol–water partition coefficient (Wildman–Crippen LogP) is 7.25. The lowest BCUT2D eigenvalue weighted by Crippen LogP contribution is -2.40. The highest BCUT2D eigenvalue weighted by molar-refractivity contribution is 5.83. The predicted molar refractivity (Wildman–Crippen MR) is 153 cm³/mol. The van der Waals surface area contributed by atoms with Crippen molar-refractivity contribution in [2.75, 3.05) is 39.3 Å². The molecule has 0 bridgehead atoms. The van der Waals surface area contributed by atoms with E-state index in [9.17, 15) is 0 Å². The molecule has 0 saturated carbocycles. The van der Waals surface area contributed by atoms with E-state index in [0.717, 1.165) is 49.2 Å². The van der Waals surface area contributed by atoms with Crippen LogP contribution in [0.2, 0.25) is 0 Å². The Labute approximate surface area is 220 Å². The Morgan fingerprint density at radius 1 is 0.972 bits per heavy atom. The first-order chi connectivity index (χ1) is 17.8. The van der Waals surface area contributed by atoms with E-state index in [-0.39, 0.29) is 0 Å². The molecule has 4 heteroatoms. The molecule has 2 fully saturated rings. The highest BCUT2D eigenvalue weighted by Gasteiger charge is 2.27. The van der Waals surface area contributed by atoms with Gasteiger partial charge >= 0.3 is 0 Å². The quantitative estimate of drug-likeness (QED) is 0.281. The normalized spacial score (nSPS) is 21.7. The van der Waals surface area contributed by atoms with Crippen LogP contribution in [0.1, 0.15) is 90.0 Å². The molecule has 3 heterocycles. The molecule has 36 heavy (non-hydrogen) atoms. The second kappa shape index (κ2) is 14.9. The van der Waals surface area contributed by atoms with Gasteiger partial charge in [-0.25, -0.2) is 0 Å². The van der Waals surface area contributed by atoms with Gasteiger partial charge in [-0.1, -0.05) is 46.0 Å². The largest absolute Gasteiger partial charge is 0.493 e. The minimum Gasteiger partial charge on any atom is -0.493 e. The number of nitrogens with one attached hydrogen (secondary N) is 1. The van der Waals surface area contributed by atoms with Gasteiger partial charge < -0.3 is 15.0 Å². The number of likely N-dealkylation sites (tertiary alicyclic amines) is 1. The van der Waals surface area contributed by atoms with Gasteiger partial charge in [-0.2, -0.15) is 0 Å². The van der Waals surface area contributed by atoms with E-state index < -0.39 is 0 Å². The number of aryl methyl sites for hydroxylation is 1. The minimum atomic E-state index is 0.675. The standard InChI is InChI=1S/C32H51N3O/c1-3-5-6-7-8-21-35-22-17-28(27(4-2)24-35)10-9-11-29-16-20-34-32-13-12-30(23-31(29)32)36-25-26-14-18-33-19-15-26/h12-13,16,20,23,26-28,33H,3-11,14-15,17-19,21-22,24-25H2,1-2H3/t27-,28+/m0/s1. The summed E-state index contributed by atoms with van der Waals surface area (Å²) in [5.74, 6) is 3.44. The van der Waals surface area contributed by atoms with Gasteiger partial charge in [0.1, 0.15) is 5.75 Å². The van der Waals surface area contributed by atoms with Crippen LogP contribution in [0, 0.1) is 17.8 Å². The van der Waals surface area contributed by atoms with Crippen LogP contribution in [-0.4, -0.2) is 49.2 Å². The second-order valence-corrected chi connectivity index (χ2v) is 11.5. The monoisotopic (exact) mass is 493 g/mol. The fourth-order valence-corrected chi connectivity index (χ4v) is 6.45. The molecule has 1 N–H and O–H groups in total. The van der Waals surface area contributed by atoms with Crippen molar-refractivity contribution in [1.82, 2.24) is 15.2 Å². The lowest BCUT2D eigenvalue weighted by molar-refractivity contribution is 0.108. The smallest absolute Gasteiger partial charge is 0.120 e. The molecule has 1 aromatic heterocycles. The molecule has 0 spiro atoms. The first-order valence-corrected chi connectivity index (χ1v) is 15.2. The SMILES string of the molecule is CCCCCCCN1CC[C@@H](CCCc2ccnc3ccc(OCC4CCNCC4)cc23)[C@@H](CC)C1. The number of piperidine rings is 2. The fraction of sp³-hybridized carbons (Fsp3) is 0.719. The van der Waals surface area contributed by atoms with Gasteiger partial charge in [-0.05, 0) is 119 Å². The van der Waals surface area contributed by atoms with Crippen LogP contribution < -0.4 is 10.1 Å². The molecular formula is C32H51N3O. The Bertz CT molecular complexity index is 894. The molecule has 0 radical (unpaired) electrons. The lowest BCUT2D eigenvalue weighted by Gasteiger charge is -2.38. The van der Waals surface area contributed by atoms with Crippen molar-refractivity contribution in [3.63, 3.8) is 0 Å². The van der Waals surface area contributed by atoms with Crippen molar-refractivity contribution < 1.29 is 4.74 Å². The molecule has 4 nitrogen and oxygen atoms in total.